The van der Waals surface area contributed by atoms with Gasteiger partial charge in [0.25, 0.3) is 0 Å². The smallest absolute Gasteiger partial charge is 0.227 e. The number of anilines is 1. The molecule has 1 N–H and O–H groups in total. The molecule has 3 rings (SSSR count). The number of sulfonamides is 1. The molecule has 0 saturated carbocycles. The molecule has 7 nitrogen and oxygen atoms in total. The van der Waals surface area contributed by atoms with Crippen molar-refractivity contribution in [2.24, 2.45) is 5.92 Å². The van der Waals surface area contributed by atoms with Gasteiger partial charge < -0.3 is 14.8 Å². The topological polar surface area (TPSA) is 84.9 Å². The number of hydrogen-bond donors (Lipinski definition) is 1. The first-order chi connectivity index (χ1) is 12.0. The van der Waals surface area contributed by atoms with Crippen molar-refractivity contribution in [2.75, 3.05) is 37.4 Å². The van der Waals surface area contributed by atoms with Crippen LogP contribution in [-0.2, 0) is 14.8 Å². The van der Waals surface area contributed by atoms with Gasteiger partial charge >= 0.3 is 0 Å². The second-order valence-electron chi connectivity index (χ2n) is 6.34. The Kier molecular flexibility index (Phi) is 5.48. The van der Waals surface area contributed by atoms with Gasteiger partial charge in [-0.15, -0.1) is 0 Å². The van der Waals surface area contributed by atoms with Crippen molar-refractivity contribution in [1.82, 2.24) is 4.31 Å². The number of carbonyl (C=O) groups is 1. The fraction of sp³-hybridized carbons (Fsp3) is 0.588. The lowest BCUT2D eigenvalue weighted by molar-refractivity contribution is -0.120. The van der Waals surface area contributed by atoms with Gasteiger partial charge in [0.15, 0.2) is 11.5 Å². The average molecular weight is 368 g/mol. The SMILES string of the molecule is CCCS(=O)(=O)N1CCC(C(=O)Nc2ccc3c(c2)OCCO3)CC1. The third kappa shape index (κ3) is 4.24. The van der Waals surface area contributed by atoms with E-state index in [-0.39, 0.29) is 17.6 Å². The Morgan fingerprint density at radius 2 is 1.88 bits per heavy atom. The van der Waals surface area contributed by atoms with Gasteiger partial charge in [0.1, 0.15) is 13.2 Å². The molecule has 0 atom stereocenters. The second-order valence-corrected chi connectivity index (χ2v) is 8.43. The van der Waals surface area contributed by atoms with E-state index >= 15 is 0 Å². The fourth-order valence-electron chi connectivity index (χ4n) is 3.15. The third-order valence-electron chi connectivity index (χ3n) is 4.49. The number of hydrogen-bond acceptors (Lipinski definition) is 5. The highest BCUT2D eigenvalue weighted by molar-refractivity contribution is 7.89. The quantitative estimate of drug-likeness (QED) is 0.857. The Hall–Kier alpha value is -1.80. The molecule has 0 spiro atoms. The first kappa shape index (κ1) is 18.0. The van der Waals surface area contributed by atoms with Crippen molar-refractivity contribution in [3.8, 4) is 11.5 Å². The van der Waals surface area contributed by atoms with E-state index in [1.807, 2.05) is 6.92 Å². The normalized spacial score (nSPS) is 18.8. The van der Waals surface area contributed by atoms with Gasteiger partial charge in [0, 0.05) is 30.8 Å². The van der Waals surface area contributed by atoms with Gasteiger partial charge in [0.05, 0.1) is 5.75 Å². The minimum Gasteiger partial charge on any atom is -0.486 e. The van der Waals surface area contributed by atoms with Crippen LogP contribution in [0.3, 0.4) is 0 Å². The Labute approximate surface area is 148 Å². The molecule has 0 aliphatic carbocycles. The summed E-state index contributed by atoms with van der Waals surface area (Å²) in [5, 5.41) is 2.90. The first-order valence-electron chi connectivity index (χ1n) is 8.68. The van der Waals surface area contributed by atoms with Crippen molar-refractivity contribution in [2.45, 2.75) is 26.2 Å². The Bertz CT molecular complexity index is 727. The van der Waals surface area contributed by atoms with E-state index in [4.69, 9.17) is 9.47 Å². The fourth-order valence-corrected chi connectivity index (χ4v) is 4.69. The largest absolute Gasteiger partial charge is 0.486 e. The predicted molar refractivity (Wildman–Crippen MR) is 94.4 cm³/mol. The van der Waals surface area contributed by atoms with Crippen molar-refractivity contribution in [3.63, 3.8) is 0 Å². The second kappa shape index (κ2) is 7.61. The summed E-state index contributed by atoms with van der Waals surface area (Å²) in [5.74, 6) is 1.22. The van der Waals surface area contributed by atoms with Crippen molar-refractivity contribution in [3.05, 3.63) is 18.2 Å². The summed E-state index contributed by atoms with van der Waals surface area (Å²) in [6.07, 6.45) is 1.69. The summed E-state index contributed by atoms with van der Waals surface area (Å²) in [6, 6.07) is 5.32. The minimum atomic E-state index is -3.18. The first-order valence-corrected chi connectivity index (χ1v) is 10.3. The van der Waals surface area contributed by atoms with E-state index in [2.05, 4.69) is 5.32 Å². The lowest BCUT2D eigenvalue weighted by Crippen LogP contribution is -2.42. The zero-order valence-electron chi connectivity index (χ0n) is 14.4. The van der Waals surface area contributed by atoms with Crippen LogP contribution >= 0.6 is 0 Å². The minimum absolute atomic E-state index is 0.0794. The number of amides is 1. The van der Waals surface area contributed by atoms with E-state index in [1.54, 1.807) is 18.2 Å². The molecule has 2 aliphatic heterocycles. The van der Waals surface area contributed by atoms with Gasteiger partial charge in [-0.1, -0.05) is 6.92 Å². The van der Waals surface area contributed by atoms with Crippen molar-refractivity contribution < 1.29 is 22.7 Å². The van der Waals surface area contributed by atoms with E-state index in [0.29, 0.717) is 62.8 Å². The van der Waals surface area contributed by atoms with E-state index in [0.717, 1.165) is 0 Å². The summed E-state index contributed by atoms with van der Waals surface area (Å²) >= 11 is 0. The van der Waals surface area contributed by atoms with Gasteiger partial charge in [-0.25, -0.2) is 12.7 Å². The summed E-state index contributed by atoms with van der Waals surface area (Å²) in [4.78, 5) is 12.5. The molecular weight excluding hydrogens is 344 g/mol. The molecule has 1 saturated heterocycles. The van der Waals surface area contributed by atoms with Crippen LogP contribution in [0.1, 0.15) is 26.2 Å². The van der Waals surface area contributed by atoms with Crippen LogP contribution in [0, 0.1) is 5.92 Å². The number of rotatable bonds is 5. The maximum atomic E-state index is 12.5. The molecule has 0 bridgehead atoms. The highest BCUT2D eigenvalue weighted by atomic mass is 32.2. The molecule has 1 fully saturated rings. The van der Waals surface area contributed by atoms with Gasteiger partial charge in [-0.2, -0.15) is 0 Å². The lowest BCUT2D eigenvalue weighted by Gasteiger charge is -2.30. The summed E-state index contributed by atoms with van der Waals surface area (Å²) in [5.41, 5.74) is 0.662. The monoisotopic (exact) mass is 368 g/mol. The number of nitrogens with one attached hydrogen (secondary N) is 1. The molecule has 1 aromatic carbocycles. The van der Waals surface area contributed by atoms with Crippen LogP contribution in [0.15, 0.2) is 18.2 Å². The number of fused-ring (bicyclic) bond motifs is 1. The summed E-state index contributed by atoms with van der Waals surface area (Å²) in [6.45, 7) is 3.68. The number of piperidine rings is 1. The maximum Gasteiger partial charge on any atom is 0.227 e. The number of ether oxygens (including phenoxy) is 2. The van der Waals surface area contributed by atoms with Crippen LogP contribution in [0.2, 0.25) is 0 Å². The van der Waals surface area contributed by atoms with Crippen LogP contribution < -0.4 is 14.8 Å². The molecule has 138 valence electrons. The third-order valence-corrected chi connectivity index (χ3v) is 6.57. The molecule has 25 heavy (non-hydrogen) atoms. The molecule has 0 radical (unpaired) electrons. The van der Waals surface area contributed by atoms with Crippen LogP contribution in [-0.4, -0.2) is 50.7 Å². The van der Waals surface area contributed by atoms with E-state index in [9.17, 15) is 13.2 Å². The zero-order chi connectivity index (χ0) is 17.9. The molecule has 1 aromatic rings. The Morgan fingerprint density at radius 1 is 1.20 bits per heavy atom. The van der Waals surface area contributed by atoms with Crippen LogP contribution in [0.5, 0.6) is 11.5 Å². The van der Waals surface area contributed by atoms with Gasteiger partial charge in [-0.05, 0) is 31.4 Å². The van der Waals surface area contributed by atoms with Crippen molar-refractivity contribution in [1.29, 1.82) is 0 Å². The molecule has 2 heterocycles. The number of benzene rings is 1. The summed E-state index contributed by atoms with van der Waals surface area (Å²) < 4.78 is 36.7. The molecular formula is C17H24N2O5S. The maximum absolute atomic E-state index is 12.5. The lowest BCUT2D eigenvalue weighted by atomic mass is 9.97. The summed E-state index contributed by atoms with van der Waals surface area (Å²) in [7, 11) is -3.18. The highest BCUT2D eigenvalue weighted by Gasteiger charge is 2.30. The zero-order valence-corrected chi connectivity index (χ0v) is 15.2. The van der Waals surface area contributed by atoms with E-state index in [1.165, 1.54) is 4.31 Å². The average Bonchev–Trinajstić information content (AvgIpc) is 2.61. The standard InChI is InChI=1S/C17H24N2O5S/c1-2-11-25(21,22)19-7-5-13(6-8-19)17(20)18-14-3-4-15-16(12-14)24-10-9-23-15/h3-4,12-13H,2,5-11H2,1H3,(H,18,20). The number of nitrogens with zero attached hydrogens (tertiary/aromatic N) is 1. The van der Waals surface area contributed by atoms with Gasteiger partial charge in [0.2, 0.25) is 15.9 Å². The molecule has 0 unspecified atom stereocenters. The van der Waals surface area contributed by atoms with E-state index < -0.39 is 10.0 Å². The number of carbonyl (C=O) groups excluding carboxylic acids is 1. The van der Waals surface area contributed by atoms with Crippen LogP contribution in [0.25, 0.3) is 0 Å². The van der Waals surface area contributed by atoms with Gasteiger partial charge in [-0.3, -0.25) is 4.79 Å². The predicted octanol–water partition coefficient (Wildman–Crippen LogP) is 1.85. The van der Waals surface area contributed by atoms with Crippen LogP contribution in [0.4, 0.5) is 5.69 Å². The van der Waals surface area contributed by atoms with Crippen molar-refractivity contribution >= 4 is 21.6 Å². The highest BCUT2D eigenvalue weighted by Crippen LogP contribution is 2.33. The Morgan fingerprint density at radius 3 is 2.56 bits per heavy atom. The molecule has 2 aliphatic rings. The molecule has 1 amide bonds. The molecule has 0 aromatic heterocycles. The molecule has 8 heteroatoms. The Balaban J connectivity index is 1.56.